The lowest BCUT2D eigenvalue weighted by Crippen LogP contribution is -2.17. The van der Waals surface area contributed by atoms with Crippen molar-refractivity contribution < 1.29 is 19.0 Å². The van der Waals surface area contributed by atoms with Crippen LogP contribution in [0.3, 0.4) is 0 Å². The largest absolute Gasteiger partial charge is 0.493 e. The predicted octanol–water partition coefficient (Wildman–Crippen LogP) is 2.81. The van der Waals surface area contributed by atoms with E-state index in [0.29, 0.717) is 46.1 Å². The van der Waals surface area contributed by atoms with Gasteiger partial charge in [0.15, 0.2) is 17.3 Å². The molecule has 0 aliphatic heterocycles. The summed E-state index contributed by atoms with van der Waals surface area (Å²) in [5.74, 6) is 8.28. The minimum Gasteiger partial charge on any atom is -0.493 e. The van der Waals surface area contributed by atoms with E-state index in [0.717, 1.165) is 0 Å². The van der Waals surface area contributed by atoms with Crippen molar-refractivity contribution in [3.63, 3.8) is 0 Å². The zero-order valence-electron chi connectivity index (χ0n) is 16.9. The van der Waals surface area contributed by atoms with Crippen LogP contribution in [0.25, 0.3) is 11.4 Å². The van der Waals surface area contributed by atoms with Gasteiger partial charge in [-0.3, -0.25) is 4.79 Å². The highest BCUT2D eigenvalue weighted by atomic mass is 32.2. The van der Waals surface area contributed by atoms with Gasteiger partial charge in [-0.25, -0.2) is 4.68 Å². The fourth-order valence-electron chi connectivity index (χ4n) is 2.72. The monoisotopic (exact) mass is 429 g/mol. The molecule has 0 bridgehead atoms. The lowest BCUT2D eigenvalue weighted by atomic mass is 10.2. The number of thioether (sulfide) groups is 1. The summed E-state index contributed by atoms with van der Waals surface area (Å²) < 4.78 is 17.4. The molecule has 0 atom stereocenters. The summed E-state index contributed by atoms with van der Waals surface area (Å²) >= 11 is 1.18. The third-order valence-corrected chi connectivity index (χ3v) is 5.04. The molecule has 0 spiro atoms. The fourth-order valence-corrected chi connectivity index (χ4v) is 3.37. The van der Waals surface area contributed by atoms with Gasteiger partial charge in [-0.2, -0.15) is 0 Å². The van der Waals surface area contributed by atoms with Crippen LogP contribution >= 0.6 is 11.8 Å². The smallest absolute Gasteiger partial charge is 0.234 e. The summed E-state index contributed by atoms with van der Waals surface area (Å²) in [4.78, 5) is 12.4. The van der Waals surface area contributed by atoms with Gasteiger partial charge in [-0.15, -0.1) is 10.2 Å². The molecule has 1 heterocycles. The number of aromatic nitrogens is 3. The Balaban J connectivity index is 1.68. The van der Waals surface area contributed by atoms with Crippen LogP contribution in [-0.2, 0) is 4.79 Å². The molecule has 0 saturated carbocycles. The summed E-state index contributed by atoms with van der Waals surface area (Å²) in [5.41, 5.74) is 1.33. The lowest BCUT2D eigenvalue weighted by molar-refractivity contribution is -0.113. The van der Waals surface area contributed by atoms with Crippen molar-refractivity contribution in [1.82, 2.24) is 14.9 Å². The molecule has 30 heavy (non-hydrogen) atoms. The van der Waals surface area contributed by atoms with Crippen molar-refractivity contribution in [2.75, 3.05) is 37.7 Å². The minimum absolute atomic E-state index is 0.113. The van der Waals surface area contributed by atoms with Gasteiger partial charge in [0, 0.05) is 5.56 Å². The number of nitrogens with one attached hydrogen (secondary N) is 1. The average molecular weight is 430 g/mol. The molecule has 1 aromatic heterocycles. The topological polar surface area (TPSA) is 114 Å². The molecule has 158 valence electrons. The minimum atomic E-state index is -0.206. The summed E-state index contributed by atoms with van der Waals surface area (Å²) in [5, 5.41) is 11.5. The van der Waals surface area contributed by atoms with Crippen LogP contribution in [0.5, 0.6) is 17.2 Å². The Kier molecular flexibility index (Phi) is 7.02. The van der Waals surface area contributed by atoms with Gasteiger partial charge in [-0.1, -0.05) is 23.9 Å². The Morgan fingerprint density at radius 3 is 2.60 bits per heavy atom. The number of hydrogen-bond donors (Lipinski definition) is 2. The number of anilines is 1. The number of carbonyl (C=O) groups excluding carboxylic acids is 1. The first-order valence-electron chi connectivity index (χ1n) is 9.14. The van der Waals surface area contributed by atoms with Crippen molar-refractivity contribution in [1.29, 1.82) is 0 Å². The van der Waals surface area contributed by atoms with Crippen molar-refractivity contribution in [3.05, 3.63) is 42.5 Å². The quantitative estimate of drug-likeness (QED) is 0.394. The van der Waals surface area contributed by atoms with Gasteiger partial charge in [0.1, 0.15) is 5.75 Å². The number of rotatable bonds is 9. The first-order chi connectivity index (χ1) is 14.6. The molecule has 0 aliphatic carbocycles. The van der Waals surface area contributed by atoms with E-state index in [9.17, 15) is 4.79 Å². The summed E-state index contributed by atoms with van der Waals surface area (Å²) in [7, 11) is 3.12. The summed E-state index contributed by atoms with van der Waals surface area (Å²) in [6.07, 6.45) is 0. The zero-order chi connectivity index (χ0) is 21.5. The highest BCUT2D eigenvalue weighted by Crippen LogP contribution is 2.32. The van der Waals surface area contributed by atoms with Gasteiger partial charge < -0.3 is 25.4 Å². The predicted molar refractivity (Wildman–Crippen MR) is 116 cm³/mol. The highest BCUT2D eigenvalue weighted by Gasteiger charge is 2.16. The van der Waals surface area contributed by atoms with E-state index >= 15 is 0 Å². The molecule has 3 rings (SSSR count). The van der Waals surface area contributed by atoms with Crippen LogP contribution in [0.2, 0.25) is 0 Å². The van der Waals surface area contributed by atoms with Gasteiger partial charge in [-0.05, 0) is 37.3 Å². The van der Waals surface area contributed by atoms with Crippen LogP contribution in [0, 0.1) is 0 Å². The van der Waals surface area contributed by atoms with E-state index in [1.54, 1.807) is 44.6 Å². The van der Waals surface area contributed by atoms with Gasteiger partial charge in [0.25, 0.3) is 0 Å². The summed E-state index contributed by atoms with van der Waals surface area (Å²) in [6, 6.07) is 12.6. The number of nitrogens with zero attached hydrogens (tertiary/aromatic N) is 3. The number of ether oxygens (including phenoxy) is 3. The number of para-hydroxylation sites is 2. The second kappa shape index (κ2) is 9.88. The second-order valence-corrected chi connectivity index (χ2v) is 6.95. The van der Waals surface area contributed by atoms with E-state index in [-0.39, 0.29) is 11.7 Å². The second-order valence-electron chi connectivity index (χ2n) is 6.01. The molecule has 3 aromatic rings. The van der Waals surface area contributed by atoms with Crippen LogP contribution < -0.4 is 25.4 Å². The highest BCUT2D eigenvalue weighted by molar-refractivity contribution is 7.99. The number of hydrogen-bond acceptors (Lipinski definition) is 8. The number of nitrogen functional groups attached to an aromatic ring is 1. The maximum Gasteiger partial charge on any atom is 0.234 e. The summed E-state index contributed by atoms with van der Waals surface area (Å²) in [6.45, 7) is 2.40. The molecule has 3 N–H and O–H groups in total. The van der Waals surface area contributed by atoms with E-state index in [4.69, 9.17) is 20.1 Å². The number of nitrogens with two attached hydrogens (primary N) is 1. The van der Waals surface area contributed by atoms with Crippen LogP contribution in [0.4, 0.5) is 5.69 Å². The third kappa shape index (κ3) is 4.77. The average Bonchev–Trinajstić information content (AvgIpc) is 3.13. The van der Waals surface area contributed by atoms with Gasteiger partial charge in [0.05, 0.1) is 32.3 Å². The molecule has 1 amide bonds. The first-order valence-corrected chi connectivity index (χ1v) is 10.1. The van der Waals surface area contributed by atoms with E-state index in [2.05, 4.69) is 15.5 Å². The fraction of sp³-hybridized carbons (Fsp3) is 0.250. The van der Waals surface area contributed by atoms with Crippen molar-refractivity contribution in [3.8, 4) is 28.6 Å². The first kappa shape index (κ1) is 21.3. The van der Waals surface area contributed by atoms with Crippen molar-refractivity contribution in [2.45, 2.75) is 12.1 Å². The number of amides is 1. The lowest BCUT2D eigenvalue weighted by Gasteiger charge is -2.11. The maximum absolute atomic E-state index is 12.4. The van der Waals surface area contributed by atoms with Gasteiger partial charge in [0.2, 0.25) is 11.1 Å². The Bertz CT molecular complexity index is 1020. The molecule has 0 fully saturated rings. The van der Waals surface area contributed by atoms with Crippen LogP contribution in [-0.4, -0.2) is 47.4 Å². The molecule has 10 heteroatoms. The standard InChI is InChI=1S/C20H23N5O4S/c1-4-29-15-8-6-5-7-14(15)22-18(26)12-30-20-24-23-19(25(20)21)13-9-10-16(27-2)17(11-13)28-3/h5-11H,4,12,21H2,1-3H3,(H,22,26). The molecule has 2 aromatic carbocycles. The molecule has 0 saturated heterocycles. The Morgan fingerprint density at radius 2 is 1.87 bits per heavy atom. The molecular formula is C20H23N5O4S. The molecule has 0 unspecified atom stereocenters. The molecule has 9 nitrogen and oxygen atoms in total. The Hall–Kier alpha value is -3.40. The number of carbonyl (C=O) groups is 1. The van der Waals surface area contributed by atoms with E-state index < -0.39 is 0 Å². The normalized spacial score (nSPS) is 10.5. The molecule has 0 radical (unpaired) electrons. The van der Waals surface area contributed by atoms with E-state index in [1.807, 2.05) is 19.1 Å². The molecular weight excluding hydrogens is 406 g/mol. The third-order valence-electron chi connectivity index (χ3n) is 4.10. The van der Waals surface area contributed by atoms with E-state index in [1.165, 1.54) is 16.4 Å². The van der Waals surface area contributed by atoms with Crippen LogP contribution in [0.1, 0.15) is 6.92 Å². The SMILES string of the molecule is CCOc1ccccc1NC(=O)CSc1nnc(-c2ccc(OC)c(OC)c2)n1N. The van der Waals surface area contributed by atoms with Gasteiger partial charge >= 0.3 is 0 Å². The number of methoxy groups -OCH3 is 2. The maximum atomic E-state index is 12.4. The zero-order valence-corrected chi connectivity index (χ0v) is 17.7. The van der Waals surface area contributed by atoms with Crippen molar-refractivity contribution >= 4 is 23.4 Å². The Morgan fingerprint density at radius 1 is 1.10 bits per heavy atom. The van der Waals surface area contributed by atoms with Crippen LogP contribution in [0.15, 0.2) is 47.6 Å². The molecule has 0 aliphatic rings. The van der Waals surface area contributed by atoms with Crippen molar-refractivity contribution in [2.24, 2.45) is 0 Å². The Labute approximate surface area is 178 Å². The number of benzene rings is 2.